The number of primary amides is 1. The van der Waals surface area contributed by atoms with Gasteiger partial charge in [0.2, 0.25) is 23.6 Å². The molecule has 3 aromatic carbocycles. The van der Waals surface area contributed by atoms with Crippen molar-refractivity contribution in [3.63, 3.8) is 0 Å². The number of nitrogens with one attached hydrogen (secondary N) is 3. The summed E-state index contributed by atoms with van der Waals surface area (Å²) in [6, 6.07) is 20.9. The van der Waals surface area contributed by atoms with E-state index in [1.54, 1.807) is 0 Å². The molecular weight excluding hydrogens is 739 g/mol. The van der Waals surface area contributed by atoms with Gasteiger partial charge in [-0.05, 0) is 101 Å². The van der Waals surface area contributed by atoms with Crippen LogP contribution in [0.25, 0.3) is 10.8 Å². The maximum Gasteiger partial charge on any atom is 0.336 e. The summed E-state index contributed by atoms with van der Waals surface area (Å²) in [6.45, 7) is 11.4. The molecule has 3 aromatic rings. The zero-order valence-corrected chi connectivity index (χ0v) is 35.3. The predicted molar refractivity (Wildman–Crippen MR) is 224 cm³/mol. The summed E-state index contributed by atoms with van der Waals surface area (Å²) in [6.07, 6.45) is 8.29. The van der Waals surface area contributed by atoms with Crippen LogP contribution in [0, 0.1) is 5.92 Å². The molecule has 3 atom stereocenters. The number of carbonyl (C=O) groups is 4. The number of hydrogen-bond acceptors (Lipinski definition) is 7. The maximum atomic E-state index is 14.1. The van der Waals surface area contributed by atoms with Crippen molar-refractivity contribution in [1.82, 2.24) is 16.0 Å². The van der Waals surface area contributed by atoms with Gasteiger partial charge < -0.3 is 30.7 Å². The number of hydrogen-bond donors (Lipinski definition) is 4. The van der Waals surface area contributed by atoms with Crippen molar-refractivity contribution in [1.29, 1.82) is 0 Å². The molecule has 308 valence electrons. The maximum absolute atomic E-state index is 14.1. The first-order valence-electron chi connectivity index (χ1n) is 20.2. The molecule has 0 unspecified atom stereocenters. The minimum absolute atomic E-state index is 0.0626. The van der Waals surface area contributed by atoms with Crippen LogP contribution in [-0.2, 0) is 45.4 Å². The molecule has 0 bridgehead atoms. The van der Waals surface area contributed by atoms with E-state index in [-0.39, 0.29) is 43.3 Å². The third-order valence-electron chi connectivity index (χ3n) is 10.4. The molecule has 4 amide bonds. The van der Waals surface area contributed by atoms with Crippen molar-refractivity contribution < 1.29 is 32.8 Å². The minimum Gasteiger partial charge on any atom is -0.370 e. The van der Waals surface area contributed by atoms with Crippen LogP contribution in [0.5, 0.6) is 0 Å². The van der Waals surface area contributed by atoms with E-state index >= 15 is 0 Å². The number of allylic oxidation sites excluding steroid dienone is 2. The summed E-state index contributed by atoms with van der Waals surface area (Å²) in [5, 5.41) is 11.2. The van der Waals surface area contributed by atoms with Gasteiger partial charge in [0.15, 0.2) is 0 Å². The monoisotopic (exact) mass is 800 g/mol. The fraction of sp³-hybridized carbons (Fsp3) is 0.511. The minimum atomic E-state index is -3.55. The highest BCUT2D eigenvalue weighted by molar-refractivity contribution is 7.53. The number of carbonyl (C=O) groups excluding carboxylic acids is 4. The molecule has 2 aliphatic rings. The van der Waals surface area contributed by atoms with Gasteiger partial charge in [-0.3, -0.25) is 23.7 Å². The fourth-order valence-electron chi connectivity index (χ4n) is 7.92. The summed E-state index contributed by atoms with van der Waals surface area (Å²) in [4.78, 5) is 54.0. The SMILES string of the molecule is CC(C)(C)OP(=O)(Cc1ccc([C@H]2/C=C/C[C@@H](Cc3cccc4ccccc34)CNC(=O)[C@H](CC(N)=O)NC(=O)C3(CCCCC3)NC(=O)C2)cc1)OC(C)(C)C. The van der Waals surface area contributed by atoms with E-state index in [1.807, 2.05) is 90.1 Å². The summed E-state index contributed by atoms with van der Waals surface area (Å²) in [5.74, 6) is -2.42. The van der Waals surface area contributed by atoms with Crippen LogP contribution in [-0.4, -0.2) is 53.0 Å². The van der Waals surface area contributed by atoms with Crippen molar-refractivity contribution in [2.45, 2.75) is 134 Å². The molecule has 1 saturated carbocycles. The zero-order valence-electron chi connectivity index (χ0n) is 34.4. The first-order valence-corrected chi connectivity index (χ1v) is 22.0. The molecule has 1 aliphatic carbocycles. The van der Waals surface area contributed by atoms with Crippen molar-refractivity contribution in [2.75, 3.05) is 6.54 Å². The average Bonchev–Trinajstić information content (AvgIpc) is 3.11. The second kappa shape index (κ2) is 18.5. The molecule has 1 fully saturated rings. The van der Waals surface area contributed by atoms with Gasteiger partial charge in [0, 0.05) is 18.9 Å². The van der Waals surface area contributed by atoms with Gasteiger partial charge in [-0.25, -0.2) is 0 Å². The van der Waals surface area contributed by atoms with Gasteiger partial charge in [-0.15, -0.1) is 0 Å². The Labute approximate surface area is 337 Å². The van der Waals surface area contributed by atoms with E-state index < -0.39 is 48.1 Å². The van der Waals surface area contributed by atoms with Crippen molar-refractivity contribution in [2.24, 2.45) is 11.7 Å². The molecule has 5 rings (SSSR count). The molecule has 0 aromatic heterocycles. The molecule has 0 saturated heterocycles. The number of benzene rings is 3. The van der Waals surface area contributed by atoms with E-state index in [0.29, 0.717) is 25.7 Å². The Morgan fingerprint density at radius 3 is 2.18 bits per heavy atom. The lowest BCUT2D eigenvalue weighted by Gasteiger charge is -2.38. The largest absolute Gasteiger partial charge is 0.370 e. The van der Waals surface area contributed by atoms with Crippen LogP contribution in [0.15, 0.2) is 78.9 Å². The second-order valence-corrected chi connectivity index (χ2v) is 19.6. The van der Waals surface area contributed by atoms with Crippen LogP contribution in [0.4, 0.5) is 0 Å². The van der Waals surface area contributed by atoms with E-state index in [4.69, 9.17) is 14.8 Å². The molecule has 1 spiro atoms. The Hall–Kier alpha value is -4.31. The van der Waals surface area contributed by atoms with Crippen LogP contribution in [0.3, 0.4) is 0 Å². The fourth-order valence-corrected chi connectivity index (χ4v) is 10.4. The van der Waals surface area contributed by atoms with Crippen LogP contribution >= 0.6 is 7.60 Å². The highest BCUT2D eigenvalue weighted by Gasteiger charge is 2.43. The lowest BCUT2D eigenvalue weighted by atomic mass is 9.80. The number of nitrogens with two attached hydrogens (primary N) is 1. The van der Waals surface area contributed by atoms with E-state index in [1.165, 1.54) is 0 Å². The third kappa shape index (κ3) is 12.8. The molecule has 11 nitrogen and oxygen atoms in total. The summed E-state index contributed by atoms with van der Waals surface area (Å²) < 4.78 is 26.1. The van der Waals surface area contributed by atoms with E-state index in [0.717, 1.165) is 46.7 Å². The smallest absolute Gasteiger partial charge is 0.336 e. The van der Waals surface area contributed by atoms with Crippen LogP contribution < -0.4 is 21.7 Å². The van der Waals surface area contributed by atoms with Crippen LogP contribution in [0.1, 0.15) is 116 Å². The Bertz CT molecular complexity index is 1950. The quantitative estimate of drug-likeness (QED) is 0.127. The zero-order chi connectivity index (χ0) is 41.4. The van der Waals surface area contributed by atoms with Crippen molar-refractivity contribution >= 4 is 42.0 Å². The Kier molecular flexibility index (Phi) is 14.2. The molecule has 57 heavy (non-hydrogen) atoms. The first kappa shape index (κ1) is 43.8. The van der Waals surface area contributed by atoms with Crippen LogP contribution in [0.2, 0.25) is 0 Å². The number of amides is 4. The highest BCUT2D eigenvalue weighted by atomic mass is 31.2. The summed E-state index contributed by atoms with van der Waals surface area (Å²) in [7, 11) is -3.55. The Morgan fingerprint density at radius 2 is 1.53 bits per heavy atom. The van der Waals surface area contributed by atoms with Crippen molar-refractivity contribution in [3.8, 4) is 0 Å². The number of fused-ring (bicyclic) bond motifs is 1. The topological polar surface area (TPSA) is 166 Å². The van der Waals surface area contributed by atoms with Gasteiger partial charge >= 0.3 is 7.60 Å². The summed E-state index contributed by atoms with van der Waals surface area (Å²) in [5.41, 5.74) is 5.74. The second-order valence-electron chi connectivity index (χ2n) is 17.7. The standard InChI is InChI=1S/C45H61N4O7P/c1-43(2,3)55-57(54,56-44(4,5)6)30-31-20-22-33(23-21-31)35-17-12-14-32(26-36-18-13-16-34-15-8-9-19-37(34)36)29-47-41(52)38(28-39(46)50)48-42(53)45(49-40(51)27-35)24-10-7-11-25-45/h8-9,12-13,15-23,32,35,38H,7,10-11,14,24-30H2,1-6H3,(H2,46,50)(H,47,52)(H,48,53)(H,49,51)/b17-12+/t32-,35-,38-/m0/s1. The number of rotatable bonds is 9. The van der Waals surface area contributed by atoms with Gasteiger partial charge in [-0.2, -0.15) is 0 Å². The molecule has 1 heterocycles. The molecule has 12 heteroatoms. The Morgan fingerprint density at radius 1 is 0.877 bits per heavy atom. The average molecular weight is 801 g/mol. The third-order valence-corrected chi connectivity index (χ3v) is 12.8. The first-order chi connectivity index (χ1) is 26.8. The molecule has 0 radical (unpaired) electrons. The van der Waals surface area contributed by atoms with E-state index in [2.05, 4.69) is 46.3 Å². The van der Waals surface area contributed by atoms with Crippen molar-refractivity contribution in [3.05, 3.63) is 95.6 Å². The molecule has 5 N–H and O–H groups in total. The van der Waals surface area contributed by atoms with Gasteiger partial charge in [0.1, 0.15) is 11.6 Å². The van der Waals surface area contributed by atoms with Gasteiger partial charge in [0.25, 0.3) is 0 Å². The van der Waals surface area contributed by atoms with Gasteiger partial charge in [0.05, 0.1) is 23.8 Å². The molecular formula is C45H61N4O7P. The lowest BCUT2D eigenvalue weighted by molar-refractivity contribution is -0.138. The lowest BCUT2D eigenvalue weighted by Crippen LogP contribution is -2.63. The predicted octanol–water partition coefficient (Wildman–Crippen LogP) is 7.75. The normalized spacial score (nSPS) is 22.1. The van der Waals surface area contributed by atoms with E-state index in [9.17, 15) is 23.7 Å². The highest BCUT2D eigenvalue weighted by Crippen LogP contribution is 2.57. The summed E-state index contributed by atoms with van der Waals surface area (Å²) >= 11 is 0. The molecule has 1 aliphatic heterocycles. The van der Waals surface area contributed by atoms with Gasteiger partial charge in [-0.1, -0.05) is 98.1 Å². The Balaban J connectivity index is 1.48.